The second-order valence-electron chi connectivity index (χ2n) is 6.78. The Morgan fingerprint density at radius 2 is 1.37 bits per heavy atom. The zero-order valence-corrected chi connectivity index (χ0v) is 17.3. The van der Waals surface area contributed by atoms with Crippen LogP contribution in [0.5, 0.6) is 17.2 Å². The molecule has 156 valence electrons. The van der Waals surface area contributed by atoms with Crippen molar-refractivity contribution in [1.29, 1.82) is 0 Å². The molecule has 0 aromatic heterocycles. The van der Waals surface area contributed by atoms with Crippen molar-refractivity contribution < 1.29 is 19.0 Å². The Morgan fingerprint density at radius 3 is 1.97 bits per heavy atom. The van der Waals surface area contributed by atoms with Gasteiger partial charge < -0.3 is 19.5 Å². The van der Waals surface area contributed by atoms with E-state index in [-0.39, 0.29) is 5.91 Å². The Balaban J connectivity index is 1.41. The van der Waals surface area contributed by atoms with Gasteiger partial charge in [-0.05, 0) is 67.4 Å². The van der Waals surface area contributed by atoms with Crippen LogP contribution in [-0.2, 0) is 11.2 Å². The number of hydrogen-bond donors (Lipinski definition) is 1. The highest BCUT2D eigenvalue weighted by Crippen LogP contribution is 2.18. The molecule has 1 atom stereocenters. The van der Waals surface area contributed by atoms with Crippen LogP contribution in [0.15, 0.2) is 78.9 Å². The molecule has 3 aromatic rings. The van der Waals surface area contributed by atoms with Gasteiger partial charge in [0.2, 0.25) is 0 Å². The fourth-order valence-electron chi connectivity index (χ4n) is 2.78. The van der Waals surface area contributed by atoms with Crippen molar-refractivity contribution in [3.8, 4) is 17.2 Å². The van der Waals surface area contributed by atoms with Gasteiger partial charge in [-0.25, -0.2) is 0 Å². The second kappa shape index (κ2) is 10.9. The highest BCUT2D eigenvalue weighted by Gasteiger charge is 2.15. The van der Waals surface area contributed by atoms with Crippen LogP contribution in [0.1, 0.15) is 19.4 Å². The largest absolute Gasteiger partial charge is 0.490 e. The number of para-hydroxylation sites is 1. The number of amides is 1. The molecule has 5 nitrogen and oxygen atoms in total. The van der Waals surface area contributed by atoms with Gasteiger partial charge >= 0.3 is 0 Å². The third-order valence-electron chi connectivity index (χ3n) is 4.50. The summed E-state index contributed by atoms with van der Waals surface area (Å²) in [5, 5.41) is 2.86. The Bertz CT molecular complexity index is 908. The number of aryl methyl sites for hydroxylation is 1. The maximum Gasteiger partial charge on any atom is 0.265 e. The minimum atomic E-state index is -0.608. The van der Waals surface area contributed by atoms with E-state index in [0.717, 1.165) is 12.2 Å². The van der Waals surface area contributed by atoms with Gasteiger partial charge in [-0.1, -0.05) is 37.3 Å². The van der Waals surface area contributed by atoms with Crippen LogP contribution in [0.25, 0.3) is 0 Å². The lowest BCUT2D eigenvalue weighted by atomic mass is 10.2. The number of rotatable bonds is 10. The van der Waals surface area contributed by atoms with Crippen molar-refractivity contribution in [2.45, 2.75) is 26.4 Å². The molecular formula is C25H27NO4. The van der Waals surface area contributed by atoms with E-state index >= 15 is 0 Å². The first kappa shape index (κ1) is 21.2. The summed E-state index contributed by atoms with van der Waals surface area (Å²) in [4.78, 5) is 12.4. The average molecular weight is 405 g/mol. The lowest BCUT2D eigenvalue weighted by Crippen LogP contribution is -2.30. The number of benzene rings is 3. The summed E-state index contributed by atoms with van der Waals surface area (Å²) in [5.41, 5.74) is 1.91. The number of carbonyl (C=O) groups is 1. The summed E-state index contributed by atoms with van der Waals surface area (Å²) in [6.45, 7) is 4.72. The van der Waals surface area contributed by atoms with Crippen molar-refractivity contribution in [3.05, 3.63) is 84.4 Å². The number of carbonyl (C=O) groups excluding carboxylic acids is 1. The first-order valence-electron chi connectivity index (χ1n) is 10.1. The van der Waals surface area contributed by atoms with E-state index in [1.807, 2.05) is 66.7 Å². The Kier molecular flexibility index (Phi) is 7.72. The van der Waals surface area contributed by atoms with Gasteiger partial charge in [0.05, 0.1) is 0 Å². The predicted octanol–water partition coefficient (Wildman–Crippen LogP) is 5.11. The van der Waals surface area contributed by atoms with Crippen molar-refractivity contribution >= 4 is 11.6 Å². The maximum absolute atomic E-state index is 12.4. The van der Waals surface area contributed by atoms with Crippen molar-refractivity contribution in [2.24, 2.45) is 0 Å². The van der Waals surface area contributed by atoms with Gasteiger partial charge in [0.15, 0.2) is 6.10 Å². The molecule has 30 heavy (non-hydrogen) atoms. The SMILES string of the molecule is CCc1ccc(OC(C)C(=O)Nc2ccc(OCCOc3ccccc3)cc2)cc1. The topological polar surface area (TPSA) is 56.8 Å². The van der Waals surface area contributed by atoms with Gasteiger partial charge in [0, 0.05) is 5.69 Å². The molecule has 0 bridgehead atoms. The monoisotopic (exact) mass is 405 g/mol. The first-order chi connectivity index (χ1) is 14.6. The van der Waals surface area contributed by atoms with Crippen molar-refractivity contribution in [1.82, 2.24) is 0 Å². The zero-order valence-electron chi connectivity index (χ0n) is 17.3. The summed E-state index contributed by atoms with van der Waals surface area (Å²) in [6.07, 6.45) is 0.360. The number of anilines is 1. The minimum Gasteiger partial charge on any atom is -0.490 e. The number of nitrogens with one attached hydrogen (secondary N) is 1. The van der Waals surface area contributed by atoms with Crippen LogP contribution in [0, 0.1) is 0 Å². The van der Waals surface area contributed by atoms with Crippen LogP contribution in [0.2, 0.25) is 0 Å². The van der Waals surface area contributed by atoms with Gasteiger partial charge in [0.25, 0.3) is 5.91 Å². The van der Waals surface area contributed by atoms with Crippen LogP contribution in [0.3, 0.4) is 0 Å². The molecule has 1 unspecified atom stereocenters. The van der Waals surface area contributed by atoms with Crippen LogP contribution >= 0.6 is 0 Å². The summed E-state index contributed by atoms with van der Waals surface area (Å²) in [7, 11) is 0. The molecule has 0 heterocycles. The standard InChI is InChI=1S/C25H27NO4/c1-3-20-9-13-24(14-10-20)30-19(2)25(27)26-21-11-15-23(16-12-21)29-18-17-28-22-7-5-4-6-8-22/h4-16,19H,3,17-18H2,1-2H3,(H,26,27). The van der Waals surface area contributed by atoms with Crippen LogP contribution in [0.4, 0.5) is 5.69 Å². The van der Waals surface area contributed by atoms with E-state index in [0.29, 0.717) is 30.4 Å². The van der Waals surface area contributed by atoms with E-state index in [1.54, 1.807) is 19.1 Å². The molecule has 0 aliphatic heterocycles. The first-order valence-corrected chi connectivity index (χ1v) is 10.1. The van der Waals surface area contributed by atoms with Crippen molar-refractivity contribution in [3.63, 3.8) is 0 Å². The van der Waals surface area contributed by atoms with Gasteiger partial charge in [-0.3, -0.25) is 4.79 Å². The minimum absolute atomic E-state index is 0.209. The van der Waals surface area contributed by atoms with Crippen LogP contribution < -0.4 is 19.5 Å². The molecule has 3 aromatic carbocycles. The van der Waals surface area contributed by atoms with E-state index in [9.17, 15) is 4.79 Å². The Hall–Kier alpha value is -3.47. The summed E-state index contributed by atoms with van der Waals surface area (Å²) < 4.78 is 17.0. The quantitative estimate of drug-likeness (QED) is 0.476. The Morgan fingerprint density at radius 1 is 0.800 bits per heavy atom. The highest BCUT2D eigenvalue weighted by atomic mass is 16.5. The zero-order chi connectivity index (χ0) is 21.2. The summed E-state index contributed by atoms with van der Waals surface area (Å²) in [6, 6.07) is 24.6. The predicted molar refractivity (Wildman–Crippen MR) is 118 cm³/mol. The fraction of sp³-hybridized carbons (Fsp3) is 0.240. The van der Waals surface area contributed by atoms with Gasteiger partial charge in [-0.15, -0.1) is 0 Å². The summed E-state index contributed by atoms with van der Waals surface area (Å²) >= 11 is 0. The third-order valence-corrected chi connectivity index (χ3v) is 4.50. The molecule has 0 aliphatic carbocycles. The Labute approximate surface area is 177 Å². The van der Waals surface area contributed by atoms with Crippen molar-refractivity contribution in [2.75, 3.05) is 18.5 Å². The maximum atomic E-state index is 12.4. The molecule has 0 saturated carbocycles. The smallest absolute Gasteiger partial charge is 0.265 e. The second-order valence-corrected chi connectivity index (χ2v) is 6.78. The average Bonchev–Trinajstić information content (AvgIpc) is 2.79. The fourth-order valence-corrected chi connectivity index (χ4v) is 2.78. The molecule has 0 aliphatic rings. The van der Waals surface area contributed by atoms with Gasteiger partial charge in [0.1, 0.15) is 30.5 Å². The molecule has 3 rings (SSSR count). The lowest BCUT2D eigenvalue weighted by molar-refractivity contribution is -0.122. The van der Waals surface area contributed by atoms with Gasteiger partial charge in [-0.2, -0.15) is 0 Å². The molecule has 5 heteroatoms. The van der Waals surface area contributed by atoms with Crippen LogP contribution in [-0.4, -0.2) is 25.2 Å². The molecule has 0 saturated heterocycles. The van der Waals surface area contributed by atoms with E-state index in [1.165, 1.54) is 5.56 Å². The van der Waals surface area contributed by atoms with E-state index in [2.05, 4.69) is 12.2 Å². The summed E-state index contributed by atoms with van der Waals surface area (Å²) in [5.74, 6) is 2.00. The molecule has 0 radical (unpaired) electrons. The molecule has 0 fully saturated rings. The molecule has 1 N–H and O–H groups in total. The van der Waals surface area contributed by atoms with E-state index in [4.69, 9.17) is 14.2 Å². The lowest BCUT2D eigenvalue weighted by Gasteiger charge is -2.15. The number of hydrogen-bond acceptors (Lipinski definition) is 4. The number of ether oxygens (including phenoxy) is 3. The molecule has 0 spiro atoms. The molecular weight excluding hydrogens is 378 g/mol. The molecule has 1 amide bonds. The van der Waals surface area contributed by atoms with E-state index < -0.39 is 6.10 Å². The highest BCUT2D eigenvalue weighted by molar-refractivity contribution is 5.94. The third kappa shape index (κ3) is 6.55. The normalized spacial score (nSPS) is 11.4.